The Balaban J connectivity index is 3.35. The molecule has 0 aromatic rings. The maximum absolute atomic E-state index is 3.24. The van der Waals surface area contributed by atoms with E-state index in [9.17, 15) is 0 Å². The van der Waals surface area contributed by atoms with Crippen molar-refractivity contribution in [2.75, 3.05) is 11.5 Å². The molecule has 0 aromatic heterocycles. The summed E-state index contributed by atoms with van der Waals surface area (Å²) in [5.74, 6) is 0.761. The number of rotatable bonds is 3. The fraction of sp³-hybridized carbons (Fsp3) is 1.00. The van der Waals surface area contributed by atoms with E-state index in [4.69, 9.17) is 0 Å². The molecule has 1 atom stereocenters. The third-order valence-electron chi connectivity index (χ3n) is 1.34. The fourth-order valence-electron chi connectivity index (χ4n) is 0.589. The number of hydrogen-bond acceptors (Lipinski definition) is 1. The summed E-state index contributed by atoms with van der Waals surface area (Å²) in [5.41, 5.74) is 0. The molecule has 0 spiro atoms. The van der Waals surface area contributed by atoms with Crippen molar-refractivity contribution in [1.82, 2.24) is 5.32 Å². The van der Waals surface area contributed by atoms with Gasteiger partial charge >= 0.3 is 0 Å². The van der Waals surface area contributed by atoms with Gasteiger partial charge in [0.2, 0.25) is 0 Å². The van der Waals surface area contributed by atoms with Gasteiger partial charge in [-0.3, -0.25) is 0 Å². The molecular formula is C6H14IN. The van der Waals surface area contributed by atoms with Gasteiger partial charge in [0.1, 0.15) is 0 Å². The first-order valence-corrected chi connectivity index (χ1v) is 4.48. The van der Waals surface area contributed by atoms with Crippen LogP contribution < -0.4 is 5.32 Å². The van der Waals surface area contributed by atoms with Crippen LogP contribution in [0.3, 0.4) is 0 Å². The second kappa shape index (κ2) is 4.56. The van der Waals surface area contributed by atoms with E-state index in [1.54, 1.807) is 0 Å². The first kappa shape index (κ1) is 8.69. The van der Waals surface area contributed by atoms with Crippen molar-refractivity contribution < 1.29 is 0 Å². The van der Waals surface area contributed by atoms with Crippen molar-refractivity contribution in [1.29, 1.82) is 0 Å². The van der Waals surface area contributed by atoms with Crippen LogP contribution in [-0.4, -0.2) is 17.5 Å². The molecule has 0 aliphatic carbocycles. The van der Waals surface area contributed by atoms with E-state index in [1.165, 1.54) is 4.43 Å². The minimum Gasteiger partial charge on any atom is -0.316 e. The van der Waals surface area contributed by atoms with E-state index in [0.717, 1.165) is 5.92 Å². The summed E-state index contributed by atoms with van der Waals surface area (Å²) in [6, 6.07) is 0.690. The van der Waals surface area contributed by atoms with Crippen molar-refractivity contribution in [3.8, 4) is 0 Å². The Morgan fingerprint density at radius 1 is 1.50 bits per heavy atom. The molecule has 0 amide bonds. The maximum atomic E-state index is 3.24. The molecule has 1 N–H and O–H groups in total. The van der Waals surface area contributed by atoms with Crippen molar-refractivity contribution >= 4 is 22.6 Å². The lowest BCUT2D eigenvalue weighted by molar-refractivity contribution is 0.470. The van der Waals surface area contributed by atoms with Gasteiger partial charge in [0.05, 0.1) is 0 Å². The molecule has 0 fully saturated rings. The zero-order chi connectivity index (χ0) is 6.57. The minimum atomic E-state index is 0.690. The SMILES string of the molecule is CNC(CI)C(C)C. The predicted molar refractivity (Wildman–Crippen MR) is 46.6 cm³/mol. The highest BCUT2D eigenvalue weighted by molar-refractivity contribution is 14.1. The van der Waals surface area contributed by atoms with E-state index in [1.807, 2.05) is 7.05 Å². The molecule has 0 radical (unpaired) electrons. The van der Waals surface area contributed by atoms with Crippen LogP contribution in [0, 0.1) is 5.92 Å². The van der Waals surface area contributed by atoms with Crippen molar-refractivity contribution in [3.63, 3.8) is 0 Å². The highest BCUT2D eigenvalue weighted by Gasteiger charge is 2.06. The molecule has 0 aromatic carbocycles. The van der Waals surface area contributed by atoms with Gasteiger partial charge in [-0.25, -0.2) is 0 Å². The lowest BCUT2D eigenvalue weighted by atomic mass is 10.1. The third kappa shape index (κ3) is 2.87. The first-order valence-electron chi connectivity index (χ1n) is 2.95. The minimum absolute atomic E-state index is 0.690. The topological polar surface area (TPSA) is 12.0 Å². The largest absolute Gasteiger partial charge is 0.316 e. The van der Waals surface area contributed by atoms with E-state index >= 15 is 0 Å². The molecule has 0 rings (SSSR count). The third-order valence-corrected chi connectivity index (χ3v) is 2.29. The molecule has 1 unspecified atom stereocenters. The average Bonchev–Trinajstić information content (AvgIpc) is 1.69. The summed E-state index contributed by atoms with van der Waals surface area (Å²) in [6.07, 6.45) is 0. The van der Waals surface area contributed by atoms with Crippen LogP contribution in [0.1, 0.15) is 13.8 Å². The highest BCUT2D eigenvalue weighted by atomic mass is 127. The first-order chi connectivity index (χ1) is 3.72. The van der Waals surface area contributed by atoms with Crippen LogP contribution in [-0.2, 0) is 0 Å². The van der Waals surface area contributed by atoms with Crippen molar-refractivity contribution in [3.05, 3.63) is 0 Å². The van der Waals surface area contributed by atoms with Crippen molar-refractivity contribution in [2.45, 2.75) is 19.9 Å². The zero-order valence-electron chi connectivity index (χ0n) is 5.74. The molecule has 0 saturated heterocycles. The maximum Gasteiger partial charge on any atom is 0.0177 e. The van der Waals surface area contributed by atoms with E-state index in [-0.39, 0.29) is 0 Å². The van der Waals surface area contributed by atoms with Crippen LogP contribution >= 0.6 is 22.6 Å². The molecule has 0 saturated carbocycles. The number of nitrogens with one attached hydrogen (secondary N) is 1. The van der Waals surface area contributed by atoms with Gasteiger partial charge in [-0.2, -0.15) is 0 Å². The second-order valence-electron chi connectivity index (χ2n) is 2.29. The Kier molecular flexibility index (Phi) is 4.95. The Bertz CT molecular complexity index is 50.5. The monoisotopic (exact) mass is 227 g/mol. The van der Waals surface area contributed by atoms with Crippen LogP contribution in [0.5, 0.6) is 0 Å². The molecule has 1 nitrogen and oxygen atoms in total. The lowest BCUT2D eigenvalue weighted by Gasteiger charge is -2.16. The van der Waals surface area contributed by atoms with Gasteiger partial charge < -0.3 is 5.32 Å². The summed E-state index contributed by atoms with van der Waals surface area (Å²) < 4.78 is 1.20. The summed E-state index contributed by atoms with van der Waals surface area (Å²) in [5, 5.41) is 3.24. The molecule has 0 heterocycles. The van der Waals surface area contributed by atoms with E-state index in [0.29, 0.717) is 6.04 Å². The fourth-order valence-corrected chi connectivity index (χ4v) is 2.05. The van der Waals surface area contributed by atoms with Gasteiger partial charge in [0.15, 0.2) is 0 Å². The molecule has 0 bridgehead atoms. The van der Waals surface area contributed by atoms with Gasteiger partial charge in [-0.05, 0) is 13.0 Å². The predicted octanol–water partition coefficient (Wildman–Crippen LogP) is 1.67. The van der Waals surface area contributed by atoms with Crippen LogP contribution in [0.4, 0.5) is 0 Å². The Morgan fingerprint density at radius 3 is 2.00 bits per heavy atom. The van der Waals surface area contributed by atoms with Crippen LogP contribution in [0.25, 0.3) is 0 Å². The molecular weight excluding hydrogens is 213 g/mol. The number of hydrogen-bond donors (Lipinski definition) is 1. The van der Waals surface area contributed by atoms with E-state index in [2.05, 4.69) is 41.8 Å². The van der Waals surface area contributed by atoms with Gasteiger partial charge in [-0.15, -0.1) is 0 Å². The molecule has 50 valence electrons. The highest BCUT2D eigenvalue weighted by Crippen LogP contribution is 2.03. The van der Waals surface area contributed by atoms with Gasteiger partial charge in [0.25, 0.3) is 0 Å². The summed E-state index contributed by atoms with van der Waals surface area (Å²) >= 11 is 2.40. The molecule has 0 aliphatic rings. The van der Waals surface area contributed by atoms with Crippen LogP contribution in [0.15, 0.2) is 0 Å². The second-order valence-corrected chi connectivity index (χ2v) is 3.17. The normalized spacial score (nSPS) is 14.6. The molecule has 2 heteroatoms. The Hall–Kier alpha value is 0.690. The Morgan fingerprint density at radius 2 is 2.00 bits per heavy atom. The lowest BCUT2D eigenvalue weighted by Crippen LogP contribution is -2.31. The molecule has 0 aliphatic heterocycles. The van der Waals surface area contributed by atoms with Crippen LogP contribution in [0.2, 0.25) is 0 Å². The summed E-state index contributed by atoms with van der Waals surface area (Å²) in [4.78, 5) is 0. The average molecular weight is 227 g/mol. The molecule has 8 heavy (non-hydrogen) atoms. The Labute approximate surface area is 65.4 Å². The summed E-state index contributed by atoms with van der Waals surface area (Å²) in [6.45, 7) is 4.47. The number of halogens is 1. The smallest absolute Gasteiger partial charge is 0.0177 e. The van der Waals surface area contributed by atoms with Gasteiger partial charge in [-0.1, -0.05) is 36.4 Å². The summed E-state index contributed by atoms with van der Waals surface area (Å²) in [7, 11) is 2.02. The standard InChI is InChI=1S/C6H14IN/c1-5(2)6(4-7)8-3/h5-6,8H,4H2,1-3H3. The number of alkyl halides is 1. The quantitative estimate of drug-likeness (QED) is 0.571. The van der Waals surface area contributed by atoms with Gasteiger partial charge in [0, 0.05) is 10.5 Å². The zero-order valence-corrected chi connectivity index (χ0v) is 7.90. The van der Waals surface area contributed by atoms with E-state index < -0.39 is 0 Å². The van der Waals surface area contributed by atoms with Crippen molar-refractivity contribution in [2.24, 2.45) is 5.92 Å².